The Labute approximate surface area is 146 Å². The first-order chi connectivity index (χ1) is 11.1. The lowest BCUT2D eigenvalue weighted by molar-refractivity contribution is -0.154. The van der Waals surface area contributed by atoms with Crippen molar-refractivity contribution in [2.75, 3.05) is 19.7 Å². The van der Waals surface area contributed by atoms with Gasteiger partial charge in [-0.1, -0.05) is 26.8 Å². The molecule has 2 heterocycles. The number of carbonyl (C=O) groups excluding carboxylic acids is 2. The van der Waals surface area contributed by atoms with Crippen molar-refractivity contribution in [3.8, 4) is 0 Å². The third kappa shape index (κ3) is 4.43. The summed E-state index contributed by atoms with van der Waals surface area (Å²) in [4.78, 5) is 23.9. The van der Waals surface area contributed by atoms with Crippen molar-refractivity contribution in [1.82, 2.24) is 4.31 Å². The Morgan fingerprint density at radius 3 is 2.42 bits per heavy atom. The van der Waals surface area contributed by atoms with E-state index in [9.17, 15) is 18.0 Å². The topological polar surface area (TPSA) is 80.8 Å². The molecule has 1 saturated heterocycles. The summed E-state index contributed by atoms with van der Waals surface area (Å²) in [5.41, 5.74) is -0.543. The first kappa shape index (κ1) is 19.1. The van der Waals surface area contributed by atoms with E-state index in [1.165, 1.54) is 15.6 Å². The largest absolute Gasteiger partial charge is 0.457 e. The predicted octanol–water partition coefficient (Wildman–Crippen LogP) is 2.31. The third-order valence-electron chi connectivity index (χ3n) is 4.06. The molecule has 0 spiro atoms. The normalized spacial score (nSPS) is 17.6. The van der Waals surface area contributed by atoms with Gasteiger partial charge in [0.25, 0.3) is 10.0 Å². The van der Waals surface area contributed by atoms with E-state index in [4.69, 9.17) is 4.74 Å². The fourth-order valence-corrected chi connectivity index (χ4v) is 4.95. The van der Waals surface area contributed by atoms with Gasteiger partial charge in [0, 0.05) is 18.5 Å². The van der Waals surface area contributed by atoms with Crippen LogP contribution in [0.25, 0.3) is 0 Å². The number of ether oxygens (including phenoxy) is 1. The zero-order valence-electron chi connectivity index (χ0n) is 14.1. The molecule has 0 bridgehead atoms. The van der Waals surface area contributed by atoms with Crippen LogP contribution in [0.5, 0.6) is 0 Å². The number of carbonyl (C=O) groups is 2. The van der Waals surface area contributed by atoms with Crippen LogP contribution in [0, 0.1) is 11.3 Å². The summed E-state index contributed by atoms with van der Waals surface area (Å²) < 4.78 is 31.7. The van der Waals surface area contributed by atoms with Crippen LogP contribution in [0.3, 0.4) is 0 Å². The van der Waals surface area contributed by atoms with Crippen LogP contribution < -0.4 is 0 Å². The fraction of sp³-hybridized carbons (Fsp3) is 0.625. The molecular weight excluding hydrogens is 350 g/mol. The lowest BCUT2D eigenvalue weighted by Gasteiger charge is -2.29. The maximum atomic E-state index is 12.4. The Balaban J connectivity index is 1.86. The molecule has 2 rings (SSSR count). The Kier molecular flexibility index (Phi) is 5.83. The van der Waals surface area contributed by atoms with Gasteiger partial charge in [-0.3, -0.25) is 9.59 Å². The van der Waals surface area contributed by atoms with E-state index in [0.29, 0.717) is 17.1 Å². The van der Waals surface area contributed by atoms with Crippen LogP contribution in [-0.4, -0.2) is 44.2 Å². The number of hydrogen-bond donors (Lipinski definition) is 0. The van der Waals surface area contributed by atoms with Gasteiger partial charge in [-0.25, -0.2) is 8.42 Å². The summed E-state index contributed by atoms with van der Waals surface area (Å²) in [5.74, 6) is -0.901. The number of esters is 1. The van der Waals surface area contributed by atoms with Crippen LogP contribution in [0.15, 0.2) is 21.7 Å². The number of rotatable bonds is 5. The highest BCUT2D eigenvalue weighted by Crippen LogP contribution is 2.27. The molecule has 1 aromatic rings. The second-order valence-electron chi connectivity index (χ2n) is 6.89. The van der Waals surface area contributed by atoms with E-state index < -0.39 is 21.4 Å². The highest BCUT2D eigenvalue weighted by atomic mass is 32.2. The van der Waals surface area contributed by atoms with Crippen molar-refractivity contribution in [3.05, 3.63) is 17.5 Å². The molecule has 8 heteroatoms. The summed E-state index contributed by atoms with van der Waals surface area (Å²) >= 11 is 1.19. The van der Waals surface area contributed by atoms with E-state index in [-0.39, 0.29) is 31.4 Å². The van der Waals surface area contributed by atoms with Gasteiger partial charge in [0.2, 0.25) is 0 Å². The second-order valence-corrected chi connectivity index (χ2v) is 10.0. The quantitative estimate of drug-likeness (QED) is 0.740. The molecule has 1 aliphatic rings. The number of ketones is 1. The highest BCUT2D eigenvalue weighted by Gasteiger charge is 2.33. The number of piperidine rings is 1. The maximum absolute atomic E-state index is 12.4. The molecular formula is C16H23NO5S2. The molecule has 1 aliphatic heterocycles. The molecule has 24 heavy (non-hydrogen) atoms. The Hall–Kier alpha value is -1.25. The van der Waals surface area contributed by atoms with E-state index in [1.807, 2.05) is 0 Å². The van der Waals surface area contributed by atoms with Crippen molar-refractivity contribution in [3.63, 3.8) is 0 Å². The van der Waals surface area contributed by atoms with Crippen LogP contribution in [0.4, 0.5) is 0 Å². The number of hydrogen-bond acceptors (Lipinski definition) is 6. The maximum Gasteiger partial charge on any atom is 0.309 e. The molecule has 6 nitrogen and oxygen atoms in total. The lowest BCUT2D eigenvalue weighted by atomic mass is 9.91. The molecule has 0 amide bonds. The van der Waals surface area contributed by atoms with Gasteiger partial charge >= 0.3 is 5.97 Å². The van der Waals surface area contributed by atoms with Gasteiger partial charge in [0.1, 0.15) is 4.21 Å². The van der Waals surface area contributed by atoms with Crippen LogP contribution in [0.2, 0.25) is 0 Å². The first-order valence-electron chi connectivity index (χ1n) is 7.86. The molecule has 0 aromatic carbocycles. The molecule has 0 saturated carbocycles. The van der Waals surface area contributed by atoms with E-state index in [1.54, 1.807) is 38.3 Å². The predicted molar refractivity (Wildman–Crippen MR) is 91.2 cm³/mol. The number of nitrogens with zero attached hydrogens (tertiary/aromatic N) is 1. The summed E-state index contributed by atoms with van der Waals surface area (Å²) in [6.45, 7) is 5.67. The zero-order valence-corrected chi connectivity index (χ0v) is 15.8. The van der Waals surface area contributed by atoms with Crippen LogP contribution in [0.1, 0.15) is 33.6 Å². The summed E-state index contributed by atoms with van der Waals surface area (Å²) in [5, 5.41) is 1.73. The van der Waals surface area contributed by atoms with Gasteiger partial charge in [0.15, 0.2) is 12.4 Å². The highest BCUT2D eigenvalue weighted by molar-refractivity contribution is 7.91. The second kappa shape index (κ2) is 7.33. The molecule has 1 aromatic heterocycles. The monoisotopic (exact) mass is 373 g/mol. The summed E-state index contributed by atoms with van der Waals surface area (Å²) in [7, 11) is -3.47. The fourth-order valence-electron chi connectivity index (χ4n) is 2.34. The zero-order chi connectivity index (χ0) is 18.0. The Morgan fingerprint density at radius 1 is 1.29 bits per heavy atom. The third-order valence-corrected chi connectivity index (χ3v) is 7.33. The molecule has 0 N–H and O–H groups in total. The lowest BCUT2D eigenvalue weighted by Crippen LogP contribution is -2.40. The van der Waals surface area contributed by atoms with Gasteiger partial charge in [-0.15, -0.1) is 11.3 Å². The SMILES string of the molecule is CC(C)(C)C(=O)COC(=O)C1CCN(S(=O)(=O)c2cccs2)CC1. The molecule has 0 radical (unpaired) electrons. The average Bonchev–Trinajstić information content (AvgIpc) is 3.06. The summed E-state index contributed by atoms with van der Waals surface area (Å²) in [6.07, 6.45) is 0.820. The average molecular weight is 373 g/mol. The first-order valence-corrected chi connectivity index (χ1v) is 10.2. The number of sulfonamides is 1. The molecule has 0 atom stereocenters. The molecule has 0 unspecified atom stereocenters. The van der Waals surface area contributed by atoms with Crippen molar-refractivity contribution in [1.29, 1.82) is 0 Å². The Bertz CT molecular complexity index is 681. The van der Waals surface area contributed by atoms with E-state index >= 15 is 0 Å². The van der Waals surface area contributed by atoms with Crippen LogP contribution in [-0.2, 0) is 24.3 Å². The summed E-state index contributed by atoms with van der Waals surface area (Å²) in [6, 6.07) is 3.28. The van der Waals surface area contributed by atoms with E-state index in [2.05, 4.69) is 0 Å². The minimum Gasteiger partial charge on any atom is -0.457 e. The van der Waals surface area contributed by atoms with Gasteiger partial charge < -0.3 is 4.74 Å². The molecule has 0 aliphatic carbocycles. The van der Waals surface area contributed by atoms with Crippen molar-refractivity contribution < 1.29 is 22.7 Å². The van der Waals surface area contributed by atoms with Gasteiger partial charge in [0.05, 0.1) is 5.92 Å². The Morgan fingerprint density at radius 2 is 1.92 bits per heavy atom. The molecule has 134 valence electrons. The van der Waals surface area contributed by atoms with E-state index in [0.717, 1.165) is 0 Å². The minimum absolute atomic E-state index is 0.131. The minimum atomic E-state index is -3.47. The smallest absolute Gasteiger partial charge is 0.309 e. The number of thiophene rings is 1. The van der Waals surface area contributed by atoms with Crippen molar-refractivity contribution >= 4 is 33.1 Å². The molecule has 1 fully saturated rings. The van der Waals surface area contributed by atoms with Gasteiger partial charge in [-0.05, 0) is 24.3 Å². The number of Topliss-reactive ketones (excluding diaryl/α,β-unsaturated/α-hetero) is 1. The standard InChI is InChI=1S/C16H23NO5S2/c1-16(2,3)13(18)11-22-15(19)12-6-8-17(9-7-12)24(20,21)14-5-4-10-23-14/h4-5,10,12H,6-9,11H2,1-3H3. The van der Waals surface area contributed by atoms with Crippen molar-refractivity contribution in [2.24, 2.45) is 11.3 Å². The van der Waals surface area contributed by atoms with Gasteiger partial charge in [-0.2, -0.15) is 4.31 Å². The van der Waals surface area contributed by atoms with Crippen molar-refractivity contribution in [2.45, 2.75) is 37.8 Å². The van der Waals surface area contributed by atoms with Crippen LogP contribution >= 0.6 is 11.3 Å².